The minimum atomic E-state index is -0.453. The number of pyridine rings is 1. The Labute approximate surface area is 123 Å². The molecule has 1 aromatic carbocycles. The average Bonchev–Trinajstić information content (AvgIpc) is 2.51. The average molecular weight is 284 g/mol. The Balaban J connectivity index is 2.05. The van der Waals surface area contributed by atoms with Crippen LogP contribution in [-0.2, 0) is 6.42 Å². The molecule has 2 aromatic rings. The van der Waals surface area contributed by atoms with Crippen LogP contribution < -0.4 is 16.8 Å². The third-order valence-corrected chi connectivity index (χ3v) is 4.25. The van der Waals surface area contributed by atoms with Crippen molar-refractivity contribution in [1.29, 1.82) is 0 Å². The third kappa shape index (κ3) is 2.69. The highest BCUT2D eigenvalue weighted by atomic mass is 16.1. The van der Waals surface area contributed by atoms with Crippen LogP contribution in [0, 0.1) is 5.92 Å². The first-order chi connectivity index (χ1) is 10.2. The van der Waals surface area contributed by atoms with Gasteiger partial charge in [-0.05, 0) is 62.0 Å². The van der Waals surface area contributed by atoms with Gasteiger partial charge >= 0.3 is 0 Å². The predicted octanol–water partition coefficient (Wildman–Crippen LogP) is 1.46. The van der Waals surface area contributed by atoms with Gasteiger partial charge in [-0.1, -0.05) is 0 Å². The Hall–Kier alpha value is -2.14. The summed E-state index contributed by atoms with van der Waals surface area (Å²) in [5, 5.41) is 4.18. The first-order valence-corrected chi connectivity index (χ1v) is 7.33. The first kappa shape index (κ1) is 13.8. The van der Waals surface area contributed by atoms with Crippen LogP contribution in [0.4, 0.5) is 5.69 Å². The van der Waals surface area contributed by atoms with Gasteiger partial charge in [-0.15, -0.1) is 0 Å². The number of benzene rings is 1. The number of nitrogens with zero attached hydrogens (tertiary/aromatic N) is 1. The fraction of sp³-hybridized carbons (Fsp3) is 0.375. The Kier molecular flexibility index (Phi) is 3.75. The second-order valence-electron chi connectivity index (χ2n) is 5.66. The van der Waals surface area contributed by atoms with Gasteiger partial charge in [0.05, 0.1) is 11.1 Å². The van der Waals surface area contributed by atoms with Crippen molar-refractivity contribution in [1.82, 2.24) is 10.3 Å². The van der Waals surface area contributed by atoms with Crippen molar-refractivity contribution in [2.24, 2.45) is 11.7 Å². The lowest BCUT2D eigenvalue weighted by Gasteiger charge is -2.23. The van der Waals surface area contributed by atoms with Gasteiger partial charge < -0.3 is 16.8 Å². The van der Waals surface area contributed by atoms with Gasteiger partial charge in [0.25, 0.3) is 5.91 Å². The van der Waals surface area contributed by atoms with Crippen molar-refractivity contribution in [3.05, 3.63) is 35.5 Å². The SMILES string of the molecule is NC(=O)c1cc(CC2CCNCC2)c(N)c2cccnc12. The van der Waals surface area contributed by atoms with Crippen molar-refractivity contribution < 1.29 is 4.79 Å². The zero-order chi connectivity index (χ0) is 14.8. The zero-order valence-electron chi connectivity index (χ0n) is 11.9. The maximum atomic E-state index is 11.7. The molecular weight excluding hydrogens is 264 g/mol. The molecule has 0 unspecified atom stereocenters. The van der Waals surface area contributed by atoms with Gasteiger partial charge in [0.1, 0.15) is 0 Å². The number of aromatic nitrogens is 1. The van der Waals surface area contributed by atoms with Crippen LogP contribution in [0.2, 0.25) is 0 Å². The summed E-state index contributed by atoms with van der Waals surface area (Å²) in [6.07, 6.45) is 4.81. The molecule has 0 saturated carbocycles. The fourth-order valence-electron chi connectivity index (χ4n) is 3.08. The van der Waals surface area contributed by atoms with Gasteiger partial charge in [-0.3, -0.25) is 9.78 Å². The molecule has 0 spiro atoms. The Morgan fingerprint density at radius 1 is 1.38 bits per heavy atom. The van der Waals surface area contributed by atoms with Crippen LogP contribution in [0.15, 0.2) is 24.4 Å². The second kappa shape index (κ2) is 5.69. The highest BCUT2D eigenvalue weighted by Gasteiger charge is 2.19. The molecule has 1 aliphatic heterocycles. The summed E-state index contributed by atoms with van der Waals surface area (Å²) >= 11 is 0. The normalized spacial score (nSPS) is 16.2. The second-order valence-corrected chi connectivity index (χ2v) is 5.66. The quantitative estimate of drug-likeness (QED) is 0.744. The minimum Gasteiger partial charge on any atom is -0.398 e. The van der Waals surface area contributed by atoms with Crippen molar-refractivity contribution in [2.45, 2.75) is 19.3 Å². The van der Waals surface area contributed by atoms with E-state index >= 15 is 0 Å². The summed E-state index contributed by atoms with van der Waals surface area (Å²) in [6, 6.07) is 5.56. The van der Waals surface area contributed by atoms with E-state index in [4.69, 9.17) is 11.5 Å². The van der Waals surface area contributed by atoms with Gasteiger partial charge in [-0.25, -0.2) is 0 Å². The number of primary amides is 1. The molecule has 21 heavy (non-hydrogen) atoms. The largest absolute Gasteiger partial charge is 0.398 e. The fourth-order valence-corrected chi connectivity index (χ4v) is 3.08. The number of hydrogen-bond donors (Lipinski definition) is 3. The number of piperidine rings is 1. The lowest BCUT2D eigenvalue weighted by Crippen LogP contribution is -2.29. The number of carbonyl (C=O) groups excluding carboxylic acids is 1. The zero-order valence-corrected chi connectivity index (χ0v) is 11.9. The molecule has 110 valence electrons. The molecule has 0 atom stereocenters. The Bertz CT molecular complexity index is 677. The van der Waals surface area contributed by atoms with Crippen LogP contribution >= 0.6 is 0 Å². The molecule has 1 amide bonds. The molecule has 5 N–H and O–H groups in total. The maximum absolute atomic E-state index is 11.7. The smallest absolute Gasteiger partial charge is 0.250 e. The van der Waals surface area contributed by atoms with E-state index in [2.05, 4.69) is 10.3 Å². The molecular formula is C16H20N4O. The summed E-state index contributed by atoms with van der Waals surface area (Å²) < 4.78 is 0. The van der Waals surface area contributed by atoms with Crippen LogP contribution in [0.1, 0.15) is 28.8 Å². The Morgan fingerprint density at radius 2 is 2.14 bits per heavy atom. The van der Waals surface area contributed by atoms with Gasteiger partial charge in [0.2, 0.25) is 0 Å². The van der Waals surface area contributed by atoms with E-state index in [-0.39, 0.29) is 0 Å². The number of carbonyl (C=O) groups is 1. The van der Waals surface area contributed by atoms with Crippen LogP contribution in [0.3, 0.4) is 0 Å². The van der Waals surface area contributed by atoms with E-state index in [0.717, 1.165) is 49.0 Å². The number of anilines is 1. The molecule has 1 saturated heterocycles. The number of nitrogen functional groups attached to an aromatic ring is 1. The monoisotopic (exact) mass is 284 g/mol. The van der Waals surface area contributed by atoms with E-state index in [1.54, 1.807) is 6.20 Å². The lowest BCUT2D eigenvalue weighted by atomic mass is 9.88. The van der Waals surface area contributed by atoms with Crippen LogP contribution in [0.5, 0.6) is 0 Å². The minimum absolute atomic E-state index is 0.453. The number of fused-ring (bicyclic) bond motifs is 1. The lowest BCUT2D eigenvalue weighted by molar-refractivity contribution is 0.100. The molecule has 0 radical (unpaired) electrons. The molecule has 1 fully saturated rings. The molecule has 0 bridgehead atoms. The number of nitrogens with two attached hydrogens (primary N) is 2. The van der Waals surface area contributed by atoms with E-state index in [1.165, 1.54) is 0 Å². The van der Waals surface area contributed by atoms with Gasteiger partial charge in [0, 0.05) is 17.3 Å². The van der Waals surface area contributed by atoms with E-state index in [0.29, 0.717) is 17.0 Å². The summed E-state index contributed by atoms with van der Waals surface area (Å²) in [4.78, 5) is 16.0. The number of rotatable bonds is 3. The van der Waals surface area contributed by atoms with E-state index in [9.17, 15) is 4.79 Å². The summed E-state index contributed by atoms with van der Waals surface area (Å²) in [7, 11) is 0. The topological polar surface area (TPSA) is 94.0 Å². The van der Waals surface area contributed by atoms with E-state index < -0.39 is 5.91 Å². The van der Waals surface area contributed by atoms with Crippen molar-refractivity contribution in [2.75, 3.05) is 18.8 Å². The molecule has 1 aromatic heterocycles. The van der Waals surface area contributed by atoms with Crippen LogP contribution in [-0.4, -0.2) is 24.0 Å². The molecule has 5 nitrogen and oxygen atoms in total. The van der Waals surface area contributed by atoms with Crippen molar-refractivity contribution >= 4 is 22.5 Å². The number of amides is 1. The standard InChI is InChI=1S/C16H20N4O/c17-14-11(8-10-3-6-19-7-4-10)9-13(16(18)21)15-12(14)2-1-5-20-15/h1-2,5,9-10,19H,3-4,6-8,17H2,(H2,18,21). The highest BCUT2D eigenvalue weighted by molar-refractivity contribution is 6.08. The molecule has 3 rings (SSSR count). The van der Waals surface area contributed by atoms with Gasteiger partial charge in [-0.2, -0.15) is 0 Å². The summed E-state index contributed by atoms with van der Waals surface area (Å²) in [5.74, 6) is 0.147. The molecule has 0 aliphatic carbocycles. The van der Waals surface area contributed by atoms with E-state index in [1.807, 2.05) is 18.2 Å². The van der Waals surface area contributed by atoms with Crippen LogP contribution in [0.25, 0.3) is 10.9 Å². The summed E-state index contributed by atoms with van der Waals surface area (Å²) in [6.45, 7) is 2.09. The van der Waals surface area contributed by atoms with Crippen molar-refractivity contribution in [3.63, 3.8) is 0 Å². The first-order valence-electron chi connectivity index (χ1n) is 7.33. The number of nitrogens with one attached hydrogen (secondary N) is 1. The third-order valence-electron chi connectivity index (χ3n) is 4.25. The molecule has 1 aliphatic rings. The van der Waals surface area contributed by atoms with Crippen molar-refractivity contribution in [3.8, 4) is 0 Å². The predicted molar refractivity (Wildman–Crippen MR) is 84.0 cm³/mol. The Morgan fingerprint density at radius 3 is 2.86 bits per heavy atom. The molecule has 5 heteroatoms. The maximum Gasteiger partial charge on any atom is 0.250 e. The highest BCUT2D eigenvalue weighted by Crippen LogP contribution is 2.30. The summed E-state index contributed by atoms with van der Waals surface area (Å²) in [5.41, 5.74) is 14.6. The van der Waals surface area contributed by atoms with Gasteiger partial charge in [0.15, 0.2) is 0 Å². The number of hydrogen-bond acceptors (Lipinski definition) is 4. The molecule has 2 heterocycles.